The zero-order chi connectivity index (χ0) is 14.4. The van der Waals surface area contributed by atoms with Gasteiger partial charge in [0, 0.05) is 18.7 Å². The van der Waals surface area contributed by atoms with Gasteiger partial charge in [-0.25, -0.2) is 0 Å². The minimum Gasteiger partial charge on any atom is -0.271 e. The maximum atomic E-state index is 5.74. The average molecular weight is 278 g/mol. The summed E-state index contributed by atoms with van der Waals surface area (Å²) in [5, 5.41) is 4.79. The first-order valence-corrected chi connectivity index (χ1v) is 8.28. The van der Waals surface area contributed by atoms with Gasteiger partial charge in [-0.15, -0.1) is 0 Å². The third-order valence-corrected chi connectivity index (χ3v) is 4.87. The molecular formula is C16H30N4. The first-order chi connectivity index (χ1) is 9.78. The lowest BCUT2D eigenvalue weighted by Crippen LogP contribution is -2.42. The molecule has 4 heteroatoms. The fraction of sp³-hybridized carbons (Fsp3) is 0.812. The van der Waals surface area contributed by atoms with Crippen molar-refractivity contribution in [3.05, 3.63) is 18.0 Å². The summed E-state index contributed by atoms with van der Waals surface area (Å²) >= 11 is 0. The van der Waals surface area contributed by atoms with Crippen LogP contribution in [0.2, 0.25) is 0 Å². The van der Waals surface area contributed by atoms with Crippen molar-refractivity contribution in [1.29, 1.82) is 0 Å². The van der Waals surface area contributed by atoms with Gasteiger partial charge in [0.2, 0.25) is 0 Å². The molecule has 1 aromatic heterocycles. The molecule has 0 aliphatic heterocycles. The molecule has 1 heterocycles. The molecule has 1 aliphatic rings. The van der Waals surface area contributed by atoms with E-state index in [4.69, 9.17) is 10.9 Å². The molecule has 0 amide bonds. The smallest absolute Gasteiger partial charge is 0.0640 e. The third-order valence-electron chi connectivity index (χ3n) is 4.87. The summed E-state index contributed by atoms with van der Waals surface area (Å²) in [6.07, 6.45) is 12.1. The minimum atomic E-state index is 0.333. The van der Waals surface area contributed by atoms with Crippen LogP contribution in [0.25, 0.3) is 0 Å². The van der Waals surface area contributed by atoms with E-state index in [1.54, 1.807) is 0 Å². The molecule has 4 nitrogen and oxygen atoms in total. The summed E-state index contributed by atoms with van der Waals surface area (Å²) in [7, 11) is 0. The van der Waals surface area contributed by atoms with Crippen LogP contribution < -0.4 is 11.3 Å². The van der Waals surface area contributed by atoms with Crippen LogP contribution in [0.4, 0.5) is 0 Å². The van der Waals surface area contributed by atoms with Gasteiger partial charge in [0.15, 0.2) is 0 Å². The van der Waals surface area contributed by atoms with E-state index in [2.05, 4.69) is 36.2 Å². The first-order valence-electron chi connectivity index (χ1n) is 8.28. The SMILES string of the molecule is CCC(CC)C(Cc1ccn(C2CCCCC2)n1)NN. The molecule has 1 aliphatic carbocycles. The molecule has 0 bridgehead atoms. The lowest BCUT2D eigenvalue weighted by Gasteiger charge is -2.24. The Balaban J connectivity index is 1.97. The van der Waals surface area contributed by atoms with Crippen molar-refractivity contribution >= 4 is 0 Å². The number of hydrogen-bond acceptors (Lipinski definition) is 3. The molecule has 1 aromatic rings. The van der Waals surface area contributed by atoms with Gasteiger partial charge in [-0.05, 0) is 24.8 Å². The van der Waals surface area contributed by atoms with Gasteiger partial charge in [-0.1, -0.05) is 46.0 Å². The van der Waals surface area contributed by atoms with Crippen molar-refractivity contribution in [2.24, 2.45) is 11.8 Å². The van der Waals surface area contributed by atoms with E-state index in [1.165, 1.54) is 37.8 Å². The molecule has 0 aromatic carbocycles. The van der Waals surface area contributed by atoms with Crippen LogP contribution in [0, 0.1) is 5.92 Å². The monoisotopic (exact) mass is 278 g/mol. The summed E-state index contributed by atoms with van der Waals surface area (Å²) in [5.74, 6) is 6.36. The van der Waals surface area contributed by atoms with Crippen molar-refractivity contribution in [1.82, 2.24) is 15.2 Å². The van der Waals surface area contributed by atoms with E-state index < -0.39 is 0 Å². The highest BCUT2D eigenvalue weighted by Crippen LogP contribution is 2.27. The Bertz CT molecular complexity index is 378. The molecule has 114 valence electrons. The molecule has 1 saturated carbocycles. The summed E-state index contributed by atoms with van der Waals surface area (Å²) in [5.41, 5.74) is 4.16. The largest absolute Gasteiger partial charge is 0.271 e. The van der Waals surface area contributed by atoms with Crippen LogP contribution in [0.1, 0.15) is 70.5 Å². The number of nitrogens with two attached hydrogens (primary N) is 1. The molecule has 0 saturated heterocycles. The molecular weight excluding hydrogens is 248 g/mol. The molecule has 2 rings (SSSR count). The Morgan fingerprint density at radius 3 is 2.60 bits per heavy atom. The molecule has 1 unspecified atom stereocenters. The van der Waals surface area contributed by atoms with E-state index in [9.17, 15) is 0 Å². The average Bonchev–Trinajstić information content (AvgIpc) is 2.97. The first kappa shape index (κ1) is 15.5. The number of nitrogens with one attached hydrogen (secondary N) is 1. The van der Waals surface area contributed by atoms with Crippen molar-refractivity contribution in [3.8, 4) is 0 Å². The van der Waals surface area contributed by atoms with Gasteiger partial charge in [-0.2, -0.15) is 5.10 Å². The van der Waals surface area contributed by atoms with Crippen molar-refractivity contribution in [2.45, 2.75) is 77.3 Å². The standard InChI is InChI=1S/C16H30N4/c1-3-13(4-2)16(18-17)12-14-10-11-20(19-14)15-8-6-5-7-9-15/h10-11,13,15-16,18H,3-9,12,17H2,1-2H3. The van der Waals surface area contributed by atoms with Crippen LogP contribution in [0.3, 0.4) is 0 Å². The fourth-order valence-electron chi connectivity index (χ4n) is 3.48. The molecule has 0 spiro atoms. The number of hydrogen-bond donors (Lipinski definition) is 2. The van der Waals surface area contributed by atoms with Gasteiger partial charge in [0.25, 0.3) is 0 Å². The third kappa shape index (κ3) is 3.83. The maximum Gasteiger partial charge on any atom is 0.0640 e. The van der Waals surface area contributed by atoms with E-state index in [0.717, 1.165) is 19.3 Å². The highest BCUT2D eigenvalue weighted by Gasteiger charge is 2.20. The lowest BCUT2D eigenvalue weighted by atomic mass is 9.91. The summed E-state index contributed by atoms with van der Waals surface area (Å²) < 4.78 is 2.19. The lowest BCUT2D eigenvalue weighted by molar-refractivity contribution is 0.318. The number of aromatic nitrogens is 2. The second kappa shape index (κ2) is 7.79. The second-order valence-corrected chi connectivity index (χ2v) is 6.13. The van der Waals surface area contributed by atoms with Crippen LogP contribution >= 0.6 is 0 Å². The Kier molecular flexibility index (Phi) is 6.05. The fourth-order valence-corrected chi connectivity index (χ4v) is 3.48. The van der Waals surface area contributed by atoms with Gasteiger partial charge in [0.05, 0.1) is 11.7 Å². The van der Waals surface area contributed by atoms with E-state index in [0.29, 0.717) is 18.0 Å². The van der Waals surface area contributed by atoms with Crippen molar-refractivity contribution < 1.29 is 0 Å². The van der Waals surface area contributed by atoms with Crippen LogP contribution in [-0.2, 0) is 6.42 Å². The van der Waals surface area contributed by atoms with Gasteiger partial charge >= 0.3 is 0 Å². The van der Waals surface area contributed by atoms with E-state index in [1.807, 2.05) is 0 Å². The number of hydrazine groups is 1. The van der Waals surface area contributed by atoms with Gasteiger partial charge in [0.1, 0.15) is 0 Å². The maximum absolute atomic E-state index is 5.74. The zero-order valence-corrected chi connectivity index (χ0v) is 13.0. The molecule has 1 atom stereocenters. The summed E-state index contributed by atoms with van der Waals surface area (Å²) in [6, 6.07) is 3.12. The predicted molar refractivity (Wildman–Crippen MR) is 83.2 cm³/mol. The zero-order valence-electron chi connectivity index (χ0n) is 13.0. The normalized spacial score (nSPS) is 18.6. The second-order valence-electron chi connectivity index (χ2n) is 6.13. The Morgan fingerprint density at radius 1 is 1.30 bits per heavy atom. The quantitative estimate of drug-likeness (QED) is 0.595. The topological polar surface area (TPSA) is 55.9 Å². The number of rotatable bonds is 7. The molecule has 3 N–H and O–H groups in total. The highest BCUT2D eigenvalue weighted by molar-refractivity contribution is 5.03. The highest BCUT2D eigenvalue weighted by atomic mass is 15.3. The molecule has 20 heavy (non-hydrogen) atoms. The predicted octanol–water partition coefficient (Wildman–Crippen LogP) is 3.20. The van der Waals surface area contributed by atoms with Crippen LogP contribution in [0.15, 0.2) is 12.3 Å². The summed E-state index contributed by atoms with van der Waals surface area (Å²) in [6.45, 7) is 4.47. The Morgan fingerprint density at radius 2 is 2.00 bits per heavy atom. The Labute approximate surface area is 123 Å². The summed E-state index contributed by atoms with van der Waals surface area (Å²) in [4.78, 5) is 0. The van der Waals surface area contributed by atoms with Gasteiger partial charge in [-0.3, -0.25) is 16.0 Å². The van der Waals surface area contributed by atoms with Crippen molar-refractivity contribution in [3.63, 3.8) is 0 Å². The number of nitrogens with zero attached hydrogens (tertiary/aromatic N) is 2. The van der Waals surface area contributed by atoms with Crippen LogP contribution in [-0.4, -0.2) is 15.8 Å². The Hall–Kier alpha value is -0.870. The van der Waals surface area contributed by atoms with Gasteiger partial charge < -0.3 is 0 Å². The minimum absolute atomic E-state index is 0.333. The molecule has 1 fully saturated rings. The van der Waals surface area contributed by atoms with E-state index in [-0.39, 0.29) is 0 Å². The van der Waals surface area contributed by atoms with Crippen molar-refractivity contribution in [2.75, 3.05) is 0 Å². The van der Waals surface area contributed by atoms with Crippen LogP contribution in [0.5, 0.6) is 0 Å². The van der Waals surface area contributed by atoms with E-state index >= 15 is 0 Å². The molecule has 0 radical (unpaired) electrons.